The van der Waals surface area contributed by atoms with E-state index in [1.165, 1.54) is 116 Å². The van der Waals surface area contributed by atoms with Crippen molar-refractivity contribution in [2.75, 3.05) is 14.7 Å². The number of para-hydroxylation sites is 3. The molecule has 0 spiro atoms. The van der Waals surface area contributed by atoms with Crippen molar-refractivity contribution in [2.24, 2.45) is 0 Å². The Hall–Kier alpha value is -14.0. The smallest absolute Gasteiger partial charge is 0.399 e. The molecule has 0 saturated carbocycles. The van der Waals surface area contributed by atoms with Crippen LogP contribution in [0, 0.1) is 0 Å². The van der Waals surface area contributed by atoms with Gasteiger partial charge in [-0.15, -0.1) is 34.0 Å². The highest BCUT2D eigenvalue weighted by molar-refractivity contribution is 7.27. The normalized spacial score (nSPS) is 15.4. The number of anilines is 9. The van der Waals surface area contributed by atoms with Gasteiger partial charge in [-0.3, -0.25) is 0 Å². The van der Waals surface area contributed by atoms with E-state index in [1.807, 2.05) is 34.0 Å². The van der Waals surface area contributed by atoms with E-state index in [-0.39, 0.29) is 29.5 Å². The summed E-state index contributed by atoms with van der Waals surface area (Å²) in [5, 5.41) is 7.60. The molecule has 3 aliphatic rings. The molecule has 0 aliphatic carbocycles. The van der Waals surface area contributed by atoms with Gasteiger partial charge in [0.05, 0.1) is 33.6 Å². The second kappa shape index (κ2) is 37.5. The lowest BCUT2D eigenvalue weighted by molar-refractivity contribution is 0.00578. The third-order valence-electron chi connectivity index (χ3n) is 29.1. The van der Waals surface area contributed by atoms with Gasteiger partial charge in [-0.1, -0.05) is 309 Å². The summed E-state index contributed by atoms with van der Waals surface area (Å²) in [4.78, 5) is 7.10. The molecule has 6 heterocycles. The molecule has 690 valence electrons. The van der Waals surface area contributed by atoms with E-state index < -0.39 is 25.4 Å². The summed E-state index contributed by atoms with van der Waals surface area (Å²) in [7, 11) is -1.18. The van der Waals surface area contributed by atoms with Crippen LogP contribution in [-0.4, -0.2) is 55.0 Å². The number of hydrogen-bond acceptors (Lipinski definition) is 12. The summed E-state index contributed by atoms with van der Waals surface area (Å²) < 4.78 is 45.9. The third-order valence-corrected chi connectivity index (χ3v) is 32.8. The third kappa shape index (κ3) is 18.0. The summed E-state index contributed by atoms with van der Waals surface area (Å²) in [6.07, 6.45) is 0. The first-order chi connectivity index (χ1) is 68.3. The quantitative estimate of drug-likeness (QED) is 0.0782. The second-order valence-electron chi connectivity index (χ2n) is 39.8. The van der Waals surface area contributed by atoms with Crippen molar-refractivity contribution in [1.29, 1.82) is 0 Å². The molecule has 0 bridgehead atoms. The predicted molar refractivity (Wildman–Crippen MR) is 602 cm³/mol. The average molecular weight is 1890 g/mol. The van der Waals surface area contributed by atoms with Gasteiger partial charge in [-0.05, 0) is 277 Å². The molecule has 0 atom stereocenters. The number of fused-ring (bicyclic) bond motifs is 9. The standard InChI is InChI=1S/C48H40BNO2S.C42H36BNO2S.C36H32BNO2S/c1-47(2)48(3,4)52-49(51-47)38-26-22-36(23-27-38)43-31-41(32-44-42-20-11-12-21-45(42)53-46(43)44)50(39-28-24-35(25-29-39)33-14-7-5-8-15-33)40-19-13-18-37(30-40)34-16-9-6-10-17-34;1-41(2)42(3,4)46-43(45-41)32-23-19-31(20-24-32)37-27-35(28-38-36-17-11-12-18-39(36)47-40(37)38)44(33-15-9-6-10-16-33)34-25-21-30(22-26-34)29-13-7-5-8-14-29;1-35(2)36(3,4)40-37(39-35)26-21-19-25(20-22-26)31-23-29(24-32-30-17-11-12-18-33(30)41-34(31)32)38(27-13-7-5-8-14-27)28-15-9-6-10-16-28/h5-32H,1-4H3;5-28H,1-4H3;5-24H,1-4H3. The lowest BCUT2D eigenvalue weighted by Crippen LogP contribution is -2.41. The largest absolute Gasteiger partial charge is 0.494 e. The first-order valence-corrected chi connectivity index (χ1v) is 51.0. The molecule has 15 heteroatoms. The highest BCUT2D eigenvalue weighted by Gasteiger charge is 2.54. The van der Waals surface area contributed by atoms with Crippen LogP contribution in [0.1, 0.15) is 83.1 Å². The fraction of sp³-hybridized carbons (Fsp3) is 0.143. The zero-order valence-corrected chi connectivity index (χ0v) is 83.8. The number of thiophene rings is 3. The molecule has 21 aromatic rings. The molecule has 0 N–H and O–H groups in total. The maximum atomic E-state index is 6.41. The zero-order chi connectivity index (χ0) is 96.5. The first kappa shape index (κ1) is 92.0. The van der Waals surface area contributed by atoms with Crippen LogP contribution in [0.3, 0.4) is 0 Å². The number of benzene rings is 18. The fourth-order valence-corrected chi connectivity index (χ4v) is 22.9. The molecule has 18 aromatic carbocycles. The molecule has 3 saturated heterocycles. The molecule has 0 radical (unpaired) electrons. The first-order valence-electron chi connectivity index (χ1n) is 48.6. The Morgan fingerprint density at radius 3 is 0.667 bits per heavy atom. The van der Waals surface area contributed by atoms with Crippen LogP contribution in [0.2, 0.25) is 0 Å². The minimum Gasteiger partial charge on any atom is -0.399 e. The van der Waals surface area contributed by atoms with Crippen molar-refractivity contribution in [3.8, 4) is 66.8 Å². The predicted octanol–water partition coefficient (Wildman–Crippen LogP) is 33.5. The average Bonchev–Trinajstić information content (AvgIpc) is 1.61. The summed E-state index contributed by atoms with van der Waals surface area (Å²) in [6, 6.07) is 157. The lowest BCUT2D eigenvalue weighted by atomic mass is 9.78. The number of nitrogens with zero attached hydrogens (tertiary/aromatic N) is 3. The van der Waals surface area contributed by atoms with Crippen LogP contribution in [-0.2, 0) is 27.9 Å². The maximum Gasteiger partial charge on any atom is 0.494 e. The second-order valence-corrected chi connectivity index (χ2v) is 42.9. The van der Waals surface area contributed by atoms with Crippen LogP contribution >= 0.6 is 34.0 Å². The van der Waals surface area contributed by atoms with Gasteiger partial charge in [0.25, 0.3) is 0 Å². The van der Waals surface area contributed by atoms with E-state index >= 15 is 0 Å². The van der Waals surface area contributed by atoms with Gasteiger partial charge in [0.1, 0.15) is 0 Å². The van der Waals surface area contributed by atoms with Gasteiger partial charge in [0, 0.05) is 128 Å². The monoisotopic (exact) mass is 1890 g/mol. The molecule has 141 heavy (non-hydrogen) atoms. The molecular weight excluding hydrogens is 1780 g/mol. The van der Waals surface area contributed by atoms with Gasteiger partial charge in [0.15, 0.2) is 0 Å². The number of hydrogen-bond donors (Lipinski definition) is 0. The SMILES string of the molecule is CC1(C)OB(c2ccc(-c3cc(N(c4ccc(-c5ccccc5)cc4)c4cccc(-c5ccccc5)c4)cc4c3sc3ccccc34)cc2)OC1(C)C.CC1(C)OB(c2ccc(-c3cc(N(c4ccccc4)c4ccc(-c5ccccc5)cc4)cc4c3sc3ccccc34)cc2)OC1(C)C.CC1(C)OB(c2ccc(-c3cc(N(c4ccccc4)c4ccccc4)cc4c3sc3ccccc34)cc2)OC1(C)C. The van der Waals surface area contributed by atoms with E-state index in [0.29, 0.717) is 0 Å². The topological polar surface area (TPSA) is 65.1 Å². The van der Waals surface area contributed by atoms with Crippen molar-refractivity contribution in [2.45, 2.75) is 117 Å². The van der Waals surface area contributed by atoms with Crippen molar-refractivity contribution in [1.82, 2.24) is 0 Å². The van der Waals surface area contributed by atoms with E-state index in [1.54, 1.807) is 0 Å². The highest BCUT2D eigenvalue weighted by atomic mass is 32.1. The Labute approximate surface area is 839 Å². The Morgan fingerprint density at radius 2 is 0.383 bits per heavy atom. The van der Waals surface area contributed by atoms with Gasteiger partial charge in [0.2, 0.25) is 0 Å². The van der Waals surface area contributed by atoms with Crippen LogP contribution in [0.5, 0.6) is 0 Å². The molecule has 9 nitrogen and oxygen atoms in total. The Kier molecular flexibility index (Phi) is 24.5. The Bertz CT molecular complexity index is 8020. The van der Waals surface area contributed by atoms with E-state index in [0.717, 1.165) is 78.7 Å². The Morgan fingerprint density at radius 1 is 0.170 bits per heavy atom. The molecule has 0 amide bonds. The van der Waals surface area contributed by atoms with E-state index in [2.05, 4.69) is 535 Å². The van der Waals surface area contributed by atoms with Gasteiger partial charge >= 0.3 is 21.4 Å². The van der Waals surface area contributed by atoms with Crippen LogP contribution in [0.15, 0.2) is 437 Å². The van der Waals surface area contributed by atoms with Crippen LogP contribution in [0.4, 0.5) is 51.2 Å². The summed E-state index contributed by atoms with van der Waals surface area (Å²) in [5.74, 6) is 0. The van der Waals surface area contributed by atoms with Gasteiger partial charge < -0.3 is 42.6 Å². The molecule has 3 fully saturated rings. The molecule has 3 aromatic heterocycles. The van der Waals surface area contributed by atoms with Gasteiger partial charge in [-0.2, -0.15) is 0 Å². The summed E-state index contributed by atoms with van der Waals surface area (Å²) >= 11 is 5.57. The lowest BCUT2D eigenvalue weighted by Gasteiger charge is -2.32. The van der Waals surface area contributed by atoms with Crippen molar-refractivity contribution in [3.05, 3.63) is 437 Å². The summed E-state index contributed by atoms with van der Waals surface area (Å²) in [5.41, 5.74) is 25.1. The van der Waals surface area contributed by atoms with E-state index in [4.69, 9.17) is 27.9 Å². The minimum absolute atomic E-state index is 0.369. The van der Waals surface area contributed by atoms with Crippen molar-refractivity contribution in [3.63, 3.8) is 0 Å². The maximum absolute atomic E-state index is 6.41. The van der Waals surface area contributed by atoms with Crippen LogP contribution < -0.4 is 31.1 Å². The van der Waals surface area contributed by atoms with Crippen LogP contribution in [0.25, 0.3) is 127 Å². The summed E-state index contributed by atoms with van der Waals surface area (Å²) in [6.45, 7) is 25.2. The minimum atomic E-state index is -0.407. The fourth-order valence-electron chi connectivity index (χ4n) is 19.3. The molecule has 3 aliphatic heterocycles. The number of rotatable bonds is 18. The molecular formula is C126H108B3N3O6S3. The van der Waals surface area contributed by atoms with Gasteiger partial charge in [-0.25, -0.2) is 0 Å². The van der Waals surface area contributed by atoms with Crippen molar-refractivity contribution < 1.29 is 27.9 Å². The Balaban J connectivity index is 0.000000122. The van der Waals surface area contributed by atoms with E-state index in [9.17, 15) is 0 Å². The molecule has 0 unspecified atom stereocenters. The molecule has 24 rings (SSSR count). The highest BCUT2D eigenvalue weighted by Crippen LogP contribution is 2.52. The van der Waals surface area contributed by atoms with Crippen molar-refractivity contribution >= 4 is 183 Å². The zero-order valence-electron chi connectivity index (χ0n) is 81.3.